The molecule has 1 saturated heterocycles. The Labute approximate surface area is 175 Å². The highest BCUT2D eigenvalue weighted by atomic mass is 35.5. The topological polar surface area (TPSA) is 85.0 Å². The van der Waals surface area contributed by atoms with E-state index in [9.17, 15) is 14.3 Å². The zero-order chi connectivity index (χ0) is 20.1. The van der Waals surface area contributed by atoms with E-state index in [1.165, 1.54) is 23.1 Å². The molecule has 0 aromatic heterocycles. The molecule has 0 saturated carbocycles. The van der Waals surface area contributed by atoms with Crippen LogP contribution < -0.4 is 10.5 Å². The molecule has 0 aliphatic carbocycles. The highest BCUT2D eigenvalue weighted by Gasteiger charge is 2.30. The molecule has 2 aromatic rings. The van der Waals surface area contributed by atoms with Gasteiger partial charge in [-0.25, -0.2) is 4.39 Å². The summed E-state index contributed by atoms with van der Waals surface area (Å²) in [6, 6.07) is 11.6. The van der Waals surface area contributed by atoms with Crippen LogP contribution in [0.15, 0.2) is 42.5 Å². The van der Waals surface area contributed by atoms with Crippen LogP contribution in [0.3, 0.4) is 0 Å². The van der Waals surface area contributed by atoms with Crippen LogP contribution in [-0.4, -0.2) is 54.4 Å². The molecule has 1 fully saturated rings. The Morgan fingerprint density at radius 1 is 1.24 bits per heavy atom. The summed E-state index contributed by atoms with van der Waals surface area (Å²) in [7, 11) is 0. The van der Waals surface area contributed by atoms with Gasteiger partial charge in [-0.1, -0.05) is 12.1 Å². The van der Waals surface area contributed by atoms with Gasteiger partial charge in [-0.15, -0.1) is 12.4 Å². The Hall–Kier alpha value is -2.19. The van der Waals surface area contributed by atoms with E-state index in [2.05, 4.69) is 0 Å². The van der Waals surface area contributed by atoms with Crippen LogP contribution in [0.2, 0.25) is 0 Å². The lowest BCUT2D eigenvalue weighted by atomic mass is 10.1. The summed E-state index contributed by atoms with van der Waals surface area (Å²) < 4.78 is 25.6. The first kappa shape index (κ1) is 23.1. The maximum absolute atomic E-state index is 14.3. The maximum Gasteiger partial charge on any atom is 0.257 e. The van der Waals surface area contributed by atoms with Crippen LogP contribution in [0.1, 0.15) is 22.8 Å². The van der Waals surface area contributed by atoms with Crippen molar-refractivity contribution >= 4 is 18.3 Å². The predicted octanol–water partition coefficient (Wildman–Crippen LogP) is 2.76. The molecular weight excluding hydrogens is 399 g/mol. The molecule has 8 heteroatoms. The number of carbonyl (C=O) groups excluding carboxylic acids is 1. The summed E-state index contributed by atoms with van der Waals surface area (Å²) in [6.45, 7) is 2.74. The molecule has 158 valence electrons. The smallest absolute Gasteiger partial charge is 0.257 e. The molecule has 0 spiro atoms. The summed E-state index contributed by atoms with van der Waals surface area (Å²) >= 11 is 0. The molecule has 1 aliphatic rings. The van der Waals surface area contributed by atoms with E-state index in [1.54, 1.807) is 0 Å². The van der Waals surface area contributed by atoms with Gasteiger partial charge in [-0.2, -0.15) is 0 Å². The number of ether oxygens (including phenoxy) is 2. The standard InChI is InChI=1S/C21H25FN2O4.ClH/c1-14-11-24(12-18(13-25)27-14)21(26)19-10-17(6-7-20(19)22)28-16-4-2-15(3-5-16)8-9-23;/h2-7,10,14,18,25H,8-9,11-13,23H2,1H3;1H/t14-,18+;/m1./s1. The quantitative estimate of drug-likeness (QED) is 0.744. The third-order valence-corrected chi connectivity index (χ3v) is 4.58. The van der Waals surface area contributed by atoms with Gasteiger partial charge in [-0.05, 0) is 55.8 Å². The molecule has 3 N–H and O–H groups in total. The second-order valence-electron chi connectivity index (χ2n) is 6.89. The van der Waals surface area contributed by atoms with Crippen LogP contribution in [0.5, 0.6) is 11.5 Å². The molecule has 1 amide bonds. The molecule has 0 radical (unpaired) electrons. The number of nitrogens with two attached hydrogens (primary N) is 1. The number of nitrogens with zero attached hydrogens (tertiary/aromatic N) is 1. The van der Waals surface area contributed by atoms with Gasteiger partial charge in [0, 0.05) is 13.1 Å². The predicted molar refractivity (Wildman–Crippen MR) is 110 cm³/mol. The number of amides is 1. The van der Waals surface area contributed by atoms with Crippen molar-refractivity contribution in [2.24, 2.45) is 5.73 Å². The Bertz CT molecular complexity index is 819. The lowest BCUT2D eigenvalue weighted by Crippen LogP contribution is -2.50. The first-order valence-corrected chi connectivity index (χ1v) is 9.32. The van der Waals surface area contributed by atoms with E-state index in [-0.39, 0.29) is 37.2 Å². The van der Waals surface area contributed by atoms with Gasteiger partial charge in [0.2, 0.25) is 0 Å². The summed E-state index contributed by atoms with van der Waals surface area (Å²) in [5.74, 6) is -0.104. The molecule has 3 rings (SSSR count). The summed E-state index contributed by atoms with van der Waals surface area (Å²) in [6.07, 6.45) is 0.0778. The number of morpholine rings is 1. The molecule has 2 atom stereocenters. The van der Waals surface area contributed by atoms with Crippen LogP contribution in [0.4, 0.5) is 4.39 Å². The van der Waals surface area contributed by atoms with Crippen LogP contribution in [0.25, 0.3) is 0 Å². The van der Waals surface area contributed by atoms with Crippen LogP contribution >= 0.6 is 12.4 Å². The van der Waals surface area contributed by atoms with E-state index in [4.69, 9.17) is 15.2 Å². The molecule has 6 nitrogen and oxygen atoms in total. The fraction of sp³-hybridized carbons (Fsp3) is 0.381. The van der Waals surface area contributed by atoms with Gasteiger partial charge in [0.15, 0.2) is 0 Å². The minimum absolute atomic E-state index is 0. The zero-order valence-corrected chi connectivity index (χ0v) is 17.0. The van der Waals surface area contributed by atoms with Crippen molar-refractivity contribution in [2.75, 3.05) is 26.2 Å². The minimum Gasteiger partial charge on any atom is -0.457 e. The van der Waals surface area contributed by atoms with E-state index >= 15 is 0 Å². The Balaban J connectivity index is 0.00000300. The van der Waals surface area contributed by atoms with Crippen molar-refractivity contribution in [3.63, 3.8) is 0 Å². The largest absolute Gasteiger partial charge is 0.457 e. The van der Waals surface area contributed by atoms with Gasteiger partial charge in [0.25, 0.3) is 5.91 Å². The summed E-state index contributed by atoms with van der Waals surface area (Å²) in [4.78, 5) is 14.3. The van der Waals surface area contributed by atoms with Gasteiger partial charge in [0.1, 0.15) is 17.3 Å². The Morgan fingerprint density at radius 2 is 1.93 bits per heavy atom. The minimum atomic E-state index is -0.615. The summed E-state index contributed by atoms with van der Waals surface area (Å²) in [5, 5.41) is 9.33. The molecule has 1 heterocycles. The van der Waals surface area contributed by atoms with Crippen molar-refractivity contribution in [1.82, 2.24) is 4.90 Å². The highest BCUT2D eigenvalue weighted by molar-refractivity contribution is 5.95. The Kier molecular flexibility index (Phi) is 8.40. The zero-order valence-electron chi connectivity index (χ0n) is 16.2. The first-order valence-electron chi connectivity index (χ1n) is 9.32. The highest BCUT2D eigenvalue weighted by Crippen LogP contribution is 2.25. The summed E-state index contributed by atoms with van der Waals surface area (Å²) in [5.41, 5.74) is 6.58. The van der Waals surface area contributed by atoms with Crippen LogP contribution in [0, 0.1) is 5.82 Å². The second-order valence-corrected chi connectivity index (χ2v) is 6.89. The molecule has 2 aromatic carbocycles. The van der Waals surface area contributed by atoms with Crippen molar-refractivity contribution < 1.29 is 23.8 Å². The number of rotatable bonds is 6. The van der Waals surface area contributed by atoms with E-state index in [0.29, 0.717) is 24.6 Å². The van der Waals surface area contributed by atoms with E-state index in [1.807, 2.05) is 31.2 Å². The molecule has 29 heavy (non-hydrogen) atoms. The lowest BCUT2D eigenvalue weighted by molar-refractivity contribution is -0.0859. The molecular formula is C21H26ClFN2O4. The number of halogens is 2. The molecule has 0 bridgehead atoms. The fourth-order valence-electron chi connectivity index (χ4n) is 3.24. The average molecular weight is 425 g/mol. The molecule has 1 aliphatic heterocycles. The second kappa shape index (κ2) is 10.5. The van der Waals surface area contributed by atoms with Crippen molar-refractivity contribution in [1.29, 1.82) is 0 Å². The average Bonchev–Trinajstić information content (AvgIpc) is 2.70. The monoisotopic (exact) mass is 424 g/mol. The number of benzene rings is 2. The fourth-order valence-corrected chi connectivity index (χ4v) is 3.24. The van der Waals surface area contributed by atoms with E-state index < -0.39 is 17.8 Å². The third-order valence-electron chi connectivity index (χ3n) is 4.58. The van der Waals surface area contributed by atoms with Crippen molar-refractivity contribution in [2.45, 2.75) is 25.6 Å². The first-order chi connectivity index (χ1) is 13.5. The van der Waals surface area contributed by atoms with Gasteiger partial charge in [0.05, 0.1) is 24.4 Å². The normalized spacial score (nSPS) is 18.8. The lowest BCUT2D eigenvalue weighted by Gasteiger charge is -2.36. The van der Waals surface area contributed by atoms with Crippen molar-refractivity contribution in [3.05, 3.63) is 59.4 Å². The van der Waals surface area contributed by atoms with Crippen molar-refractivity contribution in [3.8, 4) is 11.5 Å². The number of aliphatic hydroxyl groups is 1. The number of carbonyl (C=O) groups is 1. The van der Waals surface area contributed by atoms with E-state index in [0.717, 1.165) is 12.0 Å². The van der Waals surface area contributed by atoms with Gasteiger partial charge < -0.3 is 25.2 Å². The Morgan fingerprint density at radius 3 is 2.59 bits per heavy atom. The number of hydrogen-bond donors (Lipinski definition) is 2. The number of hydrogen-bond acceptors (Lipinski definition) is 5. The SMILES string of the molecule is C[C@@H]1CN(C(=O)c2cc(Oc3ccc(CCN)cc3)ccc2F)C[C@@H](CO)O1.Cl. The number of aliphatic hydroxyl groups excluding tert-OH is 1. The van der Waals surface area contributed by atoms with Gasteiger partial charge >= 0.3 is 0 Å². The molecule has 0 unspecified atom stereocenters. The maximum atomic E-state index is 14.3. The van der Waals surface area contributed by atoms with Crippen LogP contribution in [-0.2, 0) is 11.2 Å². The third kappa shape index (κ3) is 5.90. The van der Waals surface area contributed by atoms with Gasteiger partial charge in [-0.3, -0.25) is 4.79 Å².